The molecular weight excluding hydrogens is 536 g/mol. The molecule has 0 aliphatic heterocycles. The van der Waals surface area contributed by atoms with Gasteiger partial charge < -0.3 is 10.1 Å². The highest BCUT2D eigenvalue weighted by molar-refractivity contribution is 6.13. The Morgan fingerprint density at radius 3 is 1.84 bits per heavy atom. The van der Waals surface area contributed by atoms with E-state index >= 15 is 0 Å². The van der Waals surface area contributed by atoms with Crippen LogP contribution in [0.15, 0.2) is 121 Å². The average Bonchev–Trinajstić information content (AvgIpc) is 2.99. The Morgan fingerprint density at radius 1 is 0.837 bits per heavy atom. The lowest BCUT2D eigenvalue weighted by molar-refractivity contribution is -0.157. The van der Waals surface area contributed by atoms with E-state index in [-0.39, 0.29) is 6.42 Å². The standard InChI is InChI=1S/C36H44N4O3/c1-6-24-39(25-7-2)26-17-27-40(38-33(30-20-13-9-14-21-30)31-22-15-10-16-23-31)35(42)37-32(34(41)43-36(3,4)5)28-29-18-11-8-12-19-29/h6-16,18-23,32H,1-2,17,24-28H2,3-5H3,(H,37,42)/t32-/m1/s1. The summed E-state index contributed by atoms with van der Waals surface area (Å²) in [4.78, 5) is 29.5. The number of hydrazone groups is 1. The number of ether oxygens (including phenoxy) is 1. The molecule has 2 amide bonds. The summed E-state index contributed by atoms with van der Waals surface area (Å²) in [7, 11) is 0. The summed E-state index contributed by atoms with van der Waals surface area (Å²) >= 11 is 0. The number of nitrogens with zero attached hydrogens (tertiary/aromatic N) is 3. The summed E-state index contributed by atoms with van der Waals surface area (Å²) in [5, 5.41) is 9.30. The number of hydrogen-bond acceptors (Lipinski definition) is 5. The van der Waals surface area contributed by atoms with Crippen molar-refractivity contribution >= 4 is 17.7 Å². The zero-order valence-electron chi connectivity index (χ0n) is 25.6. The third kappa shape index (κ3) is 11.4. The SMILES string of the molecule is C=CCN(CC=C)CCCN(N=C(c1ccccc1)c1ccccc1)C(=O)N[C@H](Cc1ccccc1)C(=O)OC(C)(C)C. The first-order valence-electron chi connectivity index (χ1n) is 14.7. The third-order valence-electron chi connectivity index (χ3n) is 6.44. The molecule has 0 bridgehead atoms. The Morgan fingerprint density at radius 2 is 1.35 bits per heavy atom. The van der Waals surface area contributed by atoms with Crippen molar-refractivity contribution in [3.8, 4) is 0 Å². The lowest BCUT2D eigenvalue weighted by Crippen LogP contribution is -2.50. The molecule has 3 aromatic carbocycles. The van der Waals surface area contributed by atoms with Crippen molar-refractivity contribution in [1.29, 1.82) is 0 Å². The molecule has 0 saturated carbocycles. The molecule has 226 valence electrons. The Kier molecular flexibility index (Phi) is 12.9. The van der Waals surface area contributed by atoms with Gasteiger partial charge in [-0.25, -0.2) is 14.6 Å². The molecule has 1 N–H and O–H groups in total. The summed E-state index contributed by atoms with van der Waals surface area (Å²) in [6.07, 6.45) is 4.63. The first kappa shape index (κ1) is 33.0. The fourth-order valence-corrected chi connectivity index (χ4v) is 4.50. The van der Waals surface area contributed by atoms with Crippen molar-refractivity contribution < 1.29 is 14.3 Å². The predicted molar refractivity (Wildman–Crippen MR) is 175 cm³/mol. The van der Waals surface area contributed by atoms with Crippen LogP contribution in [-0.2, 0) is 16.0 Å². The van der Waals surface area contributed by atoms with E-state index in [1.165, 1.54) is 5.01 Å². The Bertz CT molecular complexity index is 1280. The first-order chi connectivity index (χ1) is 20.7. The molecule has 3 aromatic rings. The Labute approximate surface area is 256 Å². The molecule has 7 heteroatoms. The predicted octanol–water partition coefficient (Wildman–Crippen LogP) is 6.47. The zero-order chi connectivity index (χ0) is 31.1. The van der Waals surface area contributed by atoms with Crippen LogP contribution >= 0.6 is 0 Å². The Balaban J connectivity index is 1.97. The second-order valence-electron chi connectivity index (χ2n) is 11.2. The van der Waals surface area contributed by atoms with Crippen LogP contribution in [-0.4, -0.2) is 65.4 Å². The van der Waals surface area contributed by atoms with Gasteiger partial charge in [-0.3, -0.25) is 4.90 Å². The van der Waals surface area contributed by atoms with Crippen LogP contribution in [0.25, 0.3) is 0 Å². The van der Waals surface area contributed by atoms with Gasteiger partial charge in [0.15, 0.2) is 0 Å². The maximum Gasteiger partial charge on any atom is 0.338 e. The van der Waals surface area contributed by atoms with E-state index in [0.717, 1.165) is 16.7 Å². The topological polar surface area (TPSA) is 74.2 Å². The minimum Gasteiger partial charge on any atom is -0.458 e. The van der Waals surface area contributed by atoms with Crippen LogP contribution in [0.5, 0.6) is 0 Å². The molecule has 43 heavy (non-hydrogen) atoms. The number of rotatable bonds is 15. The first-order valence-corrected chi connectivity index (χ1v) is 14.7. The molecule has 0 aromatic heterocycles. The number of carbonyl (C=O) groups excluding carboxylic acids is 2. The minimum absolute atomic E-state index is 0.287. The summed E-state index contributed by atoms with van der Waals surface area (Å²) in [6, 6.07) is 27.7. The van der Waals surface area contributed by atoms with Gasteiger partial charge in [0.1, 0.15) is 11.6 Å². The minimum atomic E-state index is -0.901. The lowest BCUT2D eigenvalue weighted by Gasteiger charge is -2.27. The number of esters is 1. The van der Waals surface area contributed by atoms with Gasteiger partial charge in [0, 0.05) is 43.7 Å². The van der Waals surface area contributed by atoms with E-state index in [4.69, 9.17) is 9.84 Å². The highest BCUT2D eigenvalue weighted by atomic mass is 16.6. The summed E-state index contributed by atoms with van der Waals surface area (Å²) in [5.41, 5.74) is 2.61. The largest absolute Gasteiger partial charge is 0.458 e. The Hall–Kier alpha value is -4.49. The molecular formula is C36H44N4O3. The van der Waals surface area contributed by atoms with Crippen LogP contribution in [0.4, 0.5) is 4.79 Å². The zero-order valence-corrected chi connectivity index (χ0v) is 25.6. The molecule has 3 rings (SSSR count). The number of carbonyl (C=O) groups is 2. The van der Waals surface area contributed by atoms with Crippen LogP contribution in [0.2, 0.25) is 0 Å². The fourth-order valence-electron chi connectivity index (χ4n) is 4.50. The van der Waals surface area contributed by atoms with Crippen LogP contribution in [0, 0.1) is 0 Å². The molecule has 7 nitrogen and oxygen atoms in total. The smallest absolute Gasteiger partial charge is 0.338 e. The average molecular weight is 581 g/mol. The van der Waals surface area contributed by atoms with Gasteiger partial charge in [0.25, 0.3) is 0 Å². The van der Waals surface area contributed by atoms with E-state index in [9.17, 15) is 9.59 Å². The van der Waals surface area contributed by atoms with E-state index in [0.29, 0.717) is 38.3 Å². The summed E-state index contributed by atoms with van der Waals surface area (Å²) in [5.74, 6) is -0.497. The third-order valence-corrected chi connectivity index (χ3v) is 6.44. The molecule has 0 unspecified atom stereocenters. The van der Waals surface area contributed by atoms with E-state index in [2.05, 4.69) is 23.4 Å². The molecule has 0 aliphatic carbocycles. The number of nitrogens with one attached hydrogen (secondary N) is 1. The quantitative estimate of drug-likeness (QED) is 0.0968. The summed E-state index contributed by atoms with van der Waals surface area (Å²) < 4.78 is 5.71. The van der Waals surface area contributed by atoms with E-state index in [1.807, 2.05) is 124 Å². The number of urea groups is 1. The molecule has 1 atom stereocenters. The fraction of sp³-hybridized carbons (Fsp3) is 0.306. The highest BCUT2D eigenvalue weighted by Gasteiger charge is 2.29. The van der Waals surface area contributed by atoms with Crippen molar-refractivity contribution in [1.82, 2.24) is 15.2 Å². The molecule has 0 aliphatic rings. The van der Waals surface area contributed by atoms with Crippen LogP contribution in [0.3, 0.4) is 0 Å². The molecule has 0 heterocycles. The summed E-state index contributed by atoms with van der Waals surface area (Å²) in [6.45, 7) is 15.6. The van der Waals surface area contributed by atoms with Crippen molar-refractivity contribution in [3.63, 3.8) is 0 Å². The molecule has 0 fully saturated rings. The van der Waals surface area contributed by atoms with Gasteiger partial charge in [-0.1, -0.05) is 103 Å². The highest BCUT2D eigenvalue weighted by Crippen LogP contribution is 2.15. The molecule has 0 spiro atoms. The van der Waals surface area contributed by atoms with Crippen LogP contribution < -0.4 is 5.32 Å². The van der Waals surface area contributed by atoms with Gasteiger partial charge >= 0.3 is 12.0 Å². The van der Waals surface area contributed by atoms with Crippen LogP contribution in [0.1, 0.15) is 43.9 Å². The van der Waals surface area contributed by atoms with E-state index < -0.39 is 23.6 Å². The lowest BCUT2D eigenvalue weighted by atomic mass is 10.0. The van der Waals surface area contributed by atoms with Gasteiger partial charge in [0.2, 0.25) is 0 Å². The van der Waals surface area contributed by atoms with Gasteiger partial charge in [-0.05, 0) is 32.8 Å². The second kappa shape index (κ2) is 16.8. The second-order valence-corrected chi connectivity index (χ2v) is 11.2. The molecule has 0 saturated heterocycles. The maximum atomic E-state index is 14.0. The number of amides is 2. The van der Waals surface area contributed by atoms with E-state index in [1.54, 1.807) is 0 Å². The normalized spacial score (nSPS) is 11.7. The monoisotopic (exact) mass is 580 g/mol. The molecule has 0 radical (unpaired) electrons. The van der Waals surface area contributed by atoms with Crippen molar-refractivity contribution in [2.45, 2.75) is 45.3 Å². The van der Waals surface area contributed by atoms with Crippen molar-refractivity contribution in [2.75, 3.05) is 26.2 Å². The maximum absolute atomic E-state index is 14.0. The number of benzene rings is 3. The van der Waals surface area contributed by atoms with Gasteiger partial charge in [-0.2, -0.15) is 5.10 Å². The van der Waals surface area contributed by atoms with Crippen molar-refractivity contribution in [2.24, 2.45) is 5.10 Å². The number of hydrogen-bond donors (Lipinski definition) is 1. The van der Waals surface area contributed by atoms with Gasteiger partial charge in [-0.15, -0.1) is 13.2 Å². The van der Waals surface area contributed by atoms with Crippen molar-refractivity contribution in [3.05, 3.63) is 133 Å². The van der Waals surface area contributed by atoms with Gasteiger partial charge in [0.05, 0.1) is 5.71 Å².